The molecule has 1 aromatic carbocycles. The molecule has 17 heavy (non-hydrogen) atoms. The van der Waals surface area contributed by atoms with Crippen molar-refractivity contribution in [2.24, 2.45) is 0 Å². The molecule has 0 aliphatic rings. The number of rotatable bonds is 6. The van der Waals surface area contributed by atoms with Crippen molar-refractivity contribution in [3.8, 4) is 5.75 Å². The summed E-state index contributed by atoms with van der Waals surface area (Å²) in [5.41, 5.74) is 2.66. The zero-order chi connectivity index (χ0) is 12.8. The number of ether oxygens (including phenoxy) is 1. The first-order chi connectivity index (χ1) is 8.10. The second-order valence-corrected chi connectivity index (χ2v) is 5.14. The van der Waals surface area contributed by atoms with E-state index in [-0.39, 0.29) is 0 Å². The van der Waals surface area contributed by atoms with Crippen LogP contribution in [0.25, 0.3) is 0 Å². The third kappa shape index (κ3) is 3.92. The van der Waals surface area contributed by atoms with Crippen LogP contribution >= 0.6 is 11.6 Å². The molecule has 1 aromatic rings. The summed E-state index contributed by atoms with van der Waals surface area (Å²) in [6.45, 7) is 9.37. The predicted octanol–water partition coefficient (Wildman–Crippen LogP) is 4.94. The SMILES string of the molecule is CCOc1ccc(C(C)CCCl)cc1C(C)C. The van der Waals surface area contributed by atoms with Crippen molar-refractivity contribution in [1.82, 2.24) is 0 Å². The van der Waals surface area contributed by atoms with E-state index in [0.29, 0.717) is 17.7 Å². The predicted molar refractivity (Wildman–Crippen MR) is 75.5 cm³/mol. The van der Waals surface area contributed by atoms with Crippen molar-refractivity contribution in [1.29, 1.82) is 0 Å². The number of alkyl halides is 1. The van der Waals surface area contributed by atoms with Crippen LogP contribution in [-0.2, 0) is 0 Å². The molecule has 0 radical (unpaired) electrons. The Morgan fingerprint density at radius 1 is 1.24 bits per heavy atom. The van der Waals surface area contributed by atoms with Crippen LogP contribution in [0.1, 0.15) is 57.1 Å². The summed E-state index contributed by atoms with van der Waals surface area (Å²) >= 11 is 5.80. The van der Waals surface area contributed by atoms with Crippen molar-refractivity contribution in [3.63, 3.8) is 0 Å². The number of hydrogen-bond donors (Lipinski definition) is 0. The topological polar surface area (TPSA) is 9.23 Å². The molecule has 0 spiro atoms. The molecule has 1 nitrogen and oxygen atoms in total. The molecule has 0 saturated carbocycles. The fraction of sp³-hybridized carbons (Fsp3) is 0.600. The van der Waals surface area contributed by atoms with Gasteiger partial charge in [0.05, 0.1) is 6.61 Å². The minimum absolute atomic E-state index is 0.486. The monoisotopic (exact) mass is 254 g/mol. The average Bonchev–Trinajstić information content (AvgIpc) is 2.30. The van der Waals surface area contributed by atoms with Gasteiger partial charge in [0.2, 0.25) is 0 Å². The van der Waals surface area contributed by atoms with Gasteiger partial charge in [0.15, 0.2) is 0 Å². The largest absolute Gasteiger partial charge is 0.494 e. The third-order valence-electron chi connectivity index (χ3n) is 3.07. The average molecular weight is 255 g/mol. The van der Waals surface area contributed by atoms with Crippen LogP contribution in [0, 0.1) is 0 Å². The minimum atomic E-state index is 0.486. The molecule has 0 N–H and O–H groups in total. The molecule has 1 rings (SSSR count). The van der Waals surface area contributed by atoms with Gasteiger partial charge in [-0.15, -0.1) is 11.6 Å². The van der Waals surface area contributed by atoms with E-state index in [9.17, 15) is 0 Å². The number of halogens is 1. The quantitative estimate of drug-likeness (QED) is 0.654. The molecule has 0 fully saturated rings. The standard InChI is InChI=1S/C15H23ClO/c1-5-17-15-7-6-13(12(4)8-9-16)10-14(15)11(2)3/h6-7,10-12H,5,8-9H2,1-4H3. The van der Waals surface area contributed by atoms with Gasteiger partial charge in [0.25, 0.3) is 0 Å². The molecule has 2 heteroatoms. The Morgan fingerprint density at radius 2 is 1.94 bits per heavy atom. The number of benzene rings is 1. The highest BCUT2D eigenvalue weighted by molar-refractivity contribution is 6.17. The minimum Gasteiger partial charge on any atom is -0.494 e. The van der Waals surface area contributed by atoms with Gasteiger partial charge < -0.3 is 4.74 Å². The van der Waals surface area contributed by atoms with E-state index in [1.165, 1.54) is 11.1 Å². The first-order valence-electron chi connectivity index (χ1n) is 6.42. The van der Waals surface area contributed by atoms with Crippen LogP contribution in [0.2, 0.25) is 0 Å². The Bertz CT molecular complexity index is 347. The second-order valence-electron chi connectivity index (χ2n) is 4.76. The summed E-state index contributed by atoms with van der Waals surface area (Å²) in [4.78, 5) is 0. The molecule has 0 amide bonds. The Kier molecular flexibility index (Phi) is 5.84. The van der Waals surface area contributed by atoms with Crippen molar-refractivity contribution in [2.45, 2.75) is 46.0 Å². The van der Waals surface area contributed by atoms with Crippen LogP contribution in [0.15, 0.2) is 18.2 Å². The van der Waals surface area contributed by atoms with Crippen LogP contribution in [0.3, 0.4) is 0 Å². The summed E-state index contributed by atoms with van der Waals surface area (Å²) in [6.07, 6.45) is 1.02. The van der Waals surface area contributed by atoms with Gasteiger partial charge in [-0.3, -0.25) is 0 Å². The molecular weight excluding hydrogens is 232 g/mol. The van der Waals surface area contributed by atoms with E-state index in [4.69, 9.17) is 16.3 Å². The van der Waals surface area contributed by atoms with Crippen LogP contribution in [0.4, 0.5) is 0 Å². The molecule has 0 saturated heterocycles. The molecule has 0 aliphatic carbocycles. The summed E-state index contributed by atoms with van der Waals surface area (Å²) in [5.74, 6) is 2.73. The smallest absolute Gasteiger partial charge is 0.122 e. The van der Waals surface area contributed by atoms with Gasteiger partial charge in [-0.25, -0.2) is 0 Å². The molecule has 1 atom stereocenters. The molecular formula is C15H23ClO. The lowest BCUT2D eigenvalue weighted by Gasteiger charge is -2.17. The van der Waals surface area contributed by atoms with Gasteiger partial charge in [0.1, 0.15) is 5.75 Å². The highest BCUT2D eigenvalue weighted by Crippen LogP contribution is 2.31. The van der Waals surface area contributed by atoms with Crippen molar-refractivity contribution in [3.05, 3.63) is 29.3 Å². The molecule has 0 heterocycles. The van der Waals surface area contributed by atoms with E-state index in [1.807, 2.05) is 6.92 Å². The molecule has 0 aliphatic heterocycles. The second kappa shape index (κ2) is 6.90. The van der Waals surface area contributed by atoms with Gasteiger partial charge in [-0.1, -0.05) is 32.9 Å². The van der Waals surface area contributed by atoms with Gasteiger partial charge in [-0.2, -0.15) is 0 Å². The van der Waals surface area contributed by atoms with Crippen molar-refractivity contribution >= 4 is 11.6 Å². The highest BCUT2D eigenvalue weighted by Gasteiger charge is 2.12. The van der Waals surface area contributed by atoms with Gasteiger partial charge >= 0.3 is 0 Å². The zero-order valence-electron chi connectivity index (χ0n) is 11.3. The zero-order valence-corrected chi connectivity index (χ0v) is 12.1. The maximum absolute atomic E-state index is 5.80. The summed E-state index contributed by atoms with van der Waals surface area (Å²) < 4.78 is 5.67. The van der Waals surface area contributed by atoms with Crippen LogP contribution in [-0.4, -0.2) is 12.5 Å². The maximum atomic E-state index is 5.80. The maximum Gasteiger partial charge on any atom is 0.122 e. The fourth-order valence-corrected chi connectivity index (χ4v) is 2.27. The molecule has 96 valence electrons. The van der Waals surface area contributed by atoms with E-state index in [2.05, 4.69) is 39.0 Å². The molecule has 1 unspecified atom stereocenters. The Morgan fingerprint density at radius 3 is 2.47 bits per heavy atom. The Labute approximate surface area is 110 Å². The molecule has 0 bridgehead atoms. The fourth-order valence-electron chi connectivity index (χ4n) is 1.94. The van der Waals surface area contributed by atoms with E-state index < -0.39 is 0 Å². The Balaban J connectivity index is 3.00. The van der Waals surface area contributed by atoms with Crippen molar-refractivity contribution < 1.29 is 4.74 Å². The summed E-state index contributed by atoms with van der Waals surface area (Å²) in [6, 6.07) is 6.53. The Hall–Kier alpha value is -0.690. The lowest BCUT2D eigenvalue weighted by Crippen LogP contribution is -2.01. The summed E-state index contributed by atoms with van der Waals surface area (Å²) in [7, 11) is 0. The van der Waals surface area contributed by atoms with Crippen molar-refractivity contribution in [2.75, 3.05) is 12.5 Å². The van der Waals surface area contributed by atoms with E-state index >= 15 is 0 Å². The van der Waals surface area contributed by atoms with Crippen LogP contribution < -0.4 is 4.74 Å². The highest BCUT2D eigenvalue weighted by atomic mass is 35.5. The summed E-state index contributed by atoms with van der Waals surface area (Å²) in [5, 5.41) is 0. The van der Waals surface area contributed by atoms with Gasteiger partial charge in [-0.05, 0) is 42.4 Å². The van der Waals surface area contributed by atoms with E-state index in [0.717, 1.165) is 18.8 Å². The normalized spacial score (nSPS) is 12.8. The van der Waals surface area contributed by atoms with Crippen LogP contribution in [0.5, 0.6) is 5.75 Å². The van der Waals surface area contributed by atoms with E-state index in [1.54, 1.807) is 0 Å². The lowest BCUT2D eigenvalue weighted by molar-refractivity contribution is 0.335. The first-order valence-corrected chi connectivity index (χ1v) is 6.96. The third-order valence-corrected chi connectivity index (χ3v) is 3.29. The lowest BCUT2D eigenvalue weighted by atomic mass is 9.93. The number of hydrogen-bond acceptors (Lipinski definition) is 1. The first kappa shape index (κ1) is 14.4. The molecule has 0 aromatic heterocycles. The van der Waals surface area contributed by atoms with Gasteiger partial charge in [0, 0.05) is 5.88 Å².